The van der Waals surface area contributed by atoms with E-state index in [1.807, 2.05) is 18.2 Å². The molecule has 2 aromatic heterocycles. The second-order valence-corrected chi connectivity index (χ2v) is 7.70. The normalized spacial score (nSPS) is 19.3. The molecule has 0 bridgehead atoms. The van der Waals surface area contributed by atoms with Crippen molar-refractivity contribution >= 4 is 23.6 Å². The second-order valence-electron chi connectivity index (χ2n) is 6.37. The van der Waals surface area contributed by atoms with Crippen molar-refractivity contribution in [3.8, 4) is 23.0 Å². The van der Waals surface area contributed by atoms with Crippen molar-refractivity contribution < 1.29 is 13.9 Å². The first-order valence-corrected chi connectivity index (χ1v) is 9.82. The van der Waals surface area contributed by atoms with Crippen molar-refractivity contribution in [1.82, 2.24) is 14.7 Å². The Kier molecular flexibility index (Phi) is 4.03. The van der Waals surface area contributed by atoms with Crippen molar-refractivity contribution in [2.45, 2.75) is 25.6 Å². The smallest absolute Gasteiger partial charge is 0.288 e. The summed E-state index contributed by atoms with van der Waals surface area (Å²) in [5.74, 6) is 1.94. The number of hydrogen-bond donors (Lipinski definition) is 0. The lowest BCUT2D eigenvalue weighted by molar-refractivity contribution is 0.174. The van der Waals surface area contributed by atoms with E-state index in [9.17, 15) is 0 Å². The Balaban J connectivity index is 1.40. The molecule has 3 aromatic rings. The zero-order valence-corrected chi connectivity index (χ0v) is 15.6. The van der Waals surface area contributed by atoms with Crippen molar-refractivity contribution in [3.05, 3.63) is 45.4 Å². The van der Waals surface area contributed by atoms with Gasteiger partial charge in [-0.1, -0.05) is 6.07 Å². The van der Waals surface area contributed by atoms with Gasteiger partial charge in [0.2, 0.25) is 12.7 Å². The quantitative estimate of drug-likeness (QED) is 0.616. The maximum atomic E-state index is 5.74. The van der Waals surface area contributed by atoms with Crippen LogP contribution in [0.5, 0.6) is 11.5 Å². The Morgan fingerprint density at radius 1 is 1.23 bits per heavy atom. The van der Waals surface area contributed by atoms with Crippen LogP contribution < -0.4 is 9.47 Å². The molecule has 8 heteroatoms. The van der Waals surface area contributed by atoms with Crippen LogP contribution in [0, 0.1) is 4.84 Å². The van der Waals surface area contributed by atoms with Crippen LogP contribution in [0.3, 0.4) is 0 Å². The summed E-state index contributed by atoms with van der Waals surface area (Å²) in [6.07, 6.45) is 2.35. The van der Waals surface area contributed by atoms with E-state index in [2.05, 4.69) is 27.5 Å². The van der Waals surface area contributed by atoms with Gasteiger partial charge in [-0.05, 0) is 54.7 Å². The molecule has 0 aliphatic carbocycles. The van der Waals surface area contributed by atoms with Gasteiger partial charge in [0.25, 0.3) is 4.84 Å². The van der Waals surface area contributed by atoms with Crippen LogP contribution in [0.1, 0.15) is 23.8 Å². The molecule has 0 amide bonds. The molecule has 2 aliphatic heterocycles. The highest BCUT2D eigenvalue weighted by Crippen LogP contribution is 2.36. The van der Waals surface area contributed by atoms with Gasteiger partial charge in [0, 0.05) is 23.0 Å². The van der Waals surface area contributed by atoms with E-state index < -0.39 is 0 Å². The standard InChI is InChI=1S/C18H17N3O3S2/c25-18-21(10-20-7-1-3-13(20)16-4-2-8-26-16)19-17(24-18)12-5-6-14-15(9-12)23-11-22-14/h2,4-6,8-9,13H,1,3,7,10-11H2/t13-/m1/s1. The van der Waals surface area contributed by atoms with Crippen LogP contribution in [0.2, 0.25) is 0 Å². The topological polar surface area (TPSA) is 52.7 Å². The summed E-state index contributed by atoms with van der Waals surface area (Å²) >= 11 is 7.20. The molecule has 5 rings (SSSR count). The molecule has 1 aromatic carbocycles. The predicted molar refractivity (Wildman–Crippen MR) is 99.9 cm³/mol. The molecule has 6 nitrogen and oxygen atoms in total. The molecule has 4 heterocycles. The van der Waals surface area contributed by atoms with Crippen molar-refractivity contribution in [3.63, 3.8) is 0 Å². The Bertz CT molecular complexity index is 980. The van der Waals surface area contributed by atoms with E-state index in [0.717, 1.165) is 17.9 Å². The summed E-state index contributed by atoms with van der Waals surface area (Å²) in [5, 5.41) is 6.73. The molecule has 1 saturated heterocycles. The minimum Gasteiger partial charge on any atom is -0.454 e. The molecule has 0 spiro atoms. The van der Waals surface area contributed by atoms with Crippen molar-refractivity contribution in [2.24, 2.45) is 0 Å². The van der Waals surface area contributed by atoms with Crippen LogP contribution >= 0.6 is 23.6 Å². The predicted octanol–water partition coefficient (Wildman–Crippen LogP) is 4.46. The molecule has 1 fully saturated rings. The lowest BCUT2D eigenvalue weighted by Gasteiger charge is -2.22. The lowest BCUT2D eigenvalue weighted by Crippen LogP contribution is -2.26. The van der Waals surface area contributed by atoms with Crippen LogP contribution in [0.4, 0.5) is 0 Å². The third-order valence-corrected chi connectivity index (χ3v) is 6.04. The number of aromatic nitrogens is 2. The highest BCUT2D eigenvalue weighted by atomic mass is 32.1. The zero-order valence-electron chi connectivity index (χ0n) is 14.0. The fourth-order valence-corrected chi connectivity index (χ4v) is 4.59. The minimum absolute atomic E-state index is 0.246. The maximum Gasteiger partial charge on any atom is 0.288 e. The number of ether oxygens (including phenoxy) is 2. The summed E-state index contributed by atoms with van der Waals surface area (Å²) < 4.78 is 18.3. The van der Waals surface area contributed by atoms with E-state index in [-0.39, 0.29) is 6.79 Å². The Labute approximate surface area is 159 Å². The molecule has 1 atom stereocenters. The first-order chi connectivity index (χ1) is 12.8. The largest absolute Gasteiger partial charge is 0.454 e. The van der Waals surface area contributed by atoms with Crippen LogP contribution in [0.25, 0.3) is 11.5 Å². The SMILES string of the molecule is S=c1oc(-c2ccc3c(c2)OCO3)nn1CN1CCC[C@@H]1c1cccs1. The minimum atomic E-state index is 0.246. The molecular weight excluding hydrogens is 370 g/mol. The van der Waals surface area contributed by atoms with Crippen molar-refractivity contribution in [2.75, 3.05) is 13.3 Å². The number of rotatable bonds is 4. The van der Waals surface area contributed by atoms with Crippen LogP contribution in [0.15, 0.2) is 40.1 Å². The second kappa shape index (κ2) is 6.53. The van der Waals surface area contributed by atoms with Gasteiger partial charge in [-0.2, -0.15) is 0 Å². The summed E-state index contributed by atoms with van der Waals surface area (Å²) in [4.78, 5) is 4.19. The van der Waals surface area contributed by atoms with E-state index in [4.69, 9.17) is 26.1 Å². The highest BCUT2D eigenvalue weighted by Gasteiger charge is 2.27. The maximum absolute atomic E-state index is 5.74. The van der Waals surface area contributed by atoms with Gasteiger partial charge in [0.1, 0.15) is 0 Å². The molecule has 0 radical (unpaired) electrons. The van der Waals surface area contributed by atoms with Gasteiger partial charge in [0.05, 0.1) is 6.67 Å². The summed E-state index contributed by atoms with van der Waals surface area (Å²) in [6.45, 7) is 1.92. The number of thiophene rings is 1. The van der Waals surface area contributed by atoms with Gasteiger partial charge in [-0.3, -0.25) is 4.90 Å². The van der Waals surface area contributed by atoms with Crippen molar-refractivity contribution in [1.29, 1.82) is 0 Å². The van der Waals surface area contributed by atoms with Crippen LogP contribution in [-0.4, -0.2) is 28.0 Å². The molecule has 2 aliphatic rings. The van der Waals surface area contributed by atoms with E-state index >= 15 is 0 Å². The van der Waals surface area contributed by atoms with Gasteiger partial charge < -0.3 is 13.9 Å². The average molecular weight is 387 g/mol. The fraction of sp³-hybridized carbons (Fsp3) is 0.333. The van der Waals surface area contributed by atoms with E-state index in [0.29, 0.717) is 29.2 Å². The first kappa shape index (κ1) is 16.0. The Morgan fingerprint density at radius 3 is 3.04 bits per heavy atom. The third-order valence-electron chi connectivity index (χ3n) is 4.78. The third kappa shape index (κ3) is 2.84. The molecule has 0 unspecified atom stereocenters. The van der Waals surface area contributed by atoms with Gasteiger partial charge >= 0.3 is 0 Å². The van der Waals surface area contributed by atoms with Gasteiger partial charge in [-0.25, -0.2) is 4.68 Å². The average Bonchev–Trinajstić information content (AvgIpc) is 3.42. The molecule has 26 heavy (non-hydrogen) atoms. The molecule has 134 valence electrons. The van der Waals surface area contributed by atoms with E-state index in [1.165, 1.54) is 17.7 Å². The molecular formula is C18H17N3O3S2. The highest BCUT2D eigenvalue weighted by molar-refractivity contribution is 7.71. The van der Waals surface area contributed by atoms with E-state index in [1.54, 1.807) is 16.0 Å². The Hall–Kier alpha value is -2.16. The Morgan fingerprint density at radius 2 is 2.15 bits per heavy atom. The number of fused-ring (bicyclic) bond motifs is 1. The summed E-state index contributed by atoms with van der Waals surface area (Å²) in [7, 11) is 0. The first-order valence-electron chi connectivity index (χ1n) is 8.53. The summed E-state index contributed by atoms with van der Waals surface area (Å²) in [5.41, 5.74) is 0.829. The number of likely N-dealkylation sites (tertiary alicyclic amines) is 1. The van der Waals surface area contributed by atoms with Gasteiger partial charge in [0.15, 0.2) is 11.5 Å². The molecule has 0 N–H and O–H groups in total. The number of hydrogen-bond acceptors (Lipinski definition) is 7. The van der Waals surface area contributed by atoms with Crippen LogP contribution in [-0.2, 0) is 6.67 Å². The van der Waals surface area contributed by atoms with Gasteiger partial charge in [-0.15, -0.1) is 16.4 Å². The lowest BCUT2D eigenvalue weighted by atomic mass is 10.2. The number of nitrogens with zero attached hydrogens (tertiary/aromatic N) is 3. The molecule has 0 saturated carbocycles. The monoisotopic (exact) mass is 387 g/mol. The fourth-order valence-electron chi connectivity index (χ4n) is 3.51. The summed E-state index contributed by atoms with van der Waals surface area (Å²) in [6, 6.07) is 10.4. The zero-order chi connectivity index (χ0) is 17.5. The number of benzene rings is 1.